The molecule has 2 aromatic rings. The molecule has 4 nitrogen and oxygen atoms in total. The van der Waals surface area contributed by atoms with Crippen molar-refractivity contribution < 1.29 is 9.84 Å². The van der Waals surface area contributed by atoms with Gasteiger partial charge in [-0.1, -0.05) is 12.1 Å². The Balaban J connectivity index is 1.78. The van der Waals surface area contributed by atoms with Crippen LogP contribution in [0.25, 0.3) is 0 Å². The van der Waals surface area contributed by atoms with E-state index >= 15 is 0 Å². The number of hydrogen-bond acceptors (Lipinski definition) is 3. The second kappa shape index (κ2) is 4.46. The summed E-state index contributed by atoms with van der Waals surface area (Å²) in [5, 5.41) is 14.1. The lowest BCUT2D eigenvalue weighted by molar-refractivity contribution is 0.180. The summed E-state index contributed by atoms with van der Waals surface area (Å²) < 4.78 is 7.57. The average molecular weight is 244 g/mol. The molecule has 0 aliphatic heterocycles. The molecule has 0 spiro atoms. The Morgan fingerprint density at radius 1 is 1.44 bits per heavy atom. The molecule has 1 aromatic heterocycles. The number of aliphatic hydroxyl groups is 1. The van der Waals surface area contributed by atoms with Crippen molar-refractivity contribution in [2.45, 2.75) is 25.6 Å². The highest BCUT2D eigenvalue weighted by molar-refractivity contribution is 5.44. The Morgan fingerprint density at radius 3 is 3.11 bits per heavy atom. The fraction of sp³-hybridized carbons (Fsp3) is 0.357. The predicted octanol–water partition coefficient (Wildman–Crippen LogP) is 1.98. The first-order valence-electron chi connectivity index (χ1n) is 6.15. The molecule has 0 amide bonds. The second-order valence-corrected chi connectivity index (χ2v) is 4.65. The van der Waals surface area contributed by atoms with Crippen molar-refractivity contribution >= 4 is 0 Å². The quantitative estimate of drug-likeness (QED) is 0.898. The van der Waals surface area contributed by atoms with Crippen LogP contribution in [-0.4, -0.2) is 14.9 Å². The molecule has 1 aliphatic rings. The van der Waals surface area contributed by atoms with Crippen LogP contribution >= 0.6 is 0 Å². The summed E-state index contributed by atoms with van der Waals surface area (Å²) in [6.45, 7) is 0.466. The topological polar surface area (TPSA) is 47.3 Å². The predicted molar refractivity (Wildman–Crippen MR) is 67.3 cm³/mol. The fourth-order valence-corrected chi connectivity index (χ4v) is 2.43. The minimum atomic E-state index is -0.335. The molecular weight excluding hydrogens is 228 g/mol. The van der Waals surface area contributed by atoms with E-state index in [2.05, 4.69) is 5.10 Å². The molecule has 1 atom stereocenters. The minimum absolute atomic E-state index is 0.335. The van der Waals surface area contributed by atoms with Crippen LogP contribution in [0.2, 0.25) is 0 Å². The number of benzene rings is 1. The number of aryl methyl sites for hydroxylation is 1. The SMILES string of the molecule is Cn1ccc(COc2cccc3c2CCC3O)n1. The van der Waals surface area contributed by atoms with Gasteiger partial charge in [-0.3, -0.25) is 4.68 Å². The van der Waals surface area contributed by atoms with Crippen molar-refractivity contribution in [3.8, 4) is 5.75 Å². The maximum atomic E-state index is 9.82. The van der Waals surface area contributed by atoms with Crippen molar-refractivity contribution in [1.29, 1.82) is 0 Å². The molecule has 18 heavy (non-hydrogen) atoms. The lowest BCUT2D eigenvalue weighted by atomic mass is 10.1. The summed E-state index contributed by atoms with van der Waals surface area (Å²) in [7, 11) is 1.89. The van der Waals surface area contributed by atoms with Gasteiger partial charge in [0.05, 0.1) is 11.8 Å². The third-order valence-corrected chi connectivity index (χ3v) is 3.34. The zero-order chi connectivity index (χ0) is 12.5. The molecule has 0 radical (unpaired) electrons. The Kier molecular flexibility index (Phi) is 2.80. The highest BCUT2D eigenvalue weighted by Crippen LogP contribution is 2.36. The summed E-state index contributed by atoms with van der Waals surface area (Å²) in [5.74, 6) is 0.870. The number of aliphatic hydroxyl groups excluding tert-OH is 1. The van der Waals surface area contributed by atoms with Gasteiger partial charge in [-0.2, -0.15) is 5.10 Å². The monoisotopic (exact) mass is 244 g/mol. The molecule has 1 heterocycles. The van der Waals surface area contributed by atoms with E-state index in [1.165, 1.54) is 0 Å². The Labute approximate surface area is 106 Å². The van der Waals surface area contributed by atoms with Crippen molar-refractivity contribution in [2.75, 3.05) is 0 Å². The van der Waals surface area contributed by atoms with Gasteiger partial charge in [0, 0.05) is 18.8 Å². The lowest BCUT2D eigenvalue weighted by Crippen LogP contribution is -2.00. The number of ether oxygens (including phenoxy) is 1. The summed E-state index contributed by atoms with van der Waals surface area (Å²) in [4.78, 5) is 0. The van der Waals surface area contributed by atoms with Crippen LogP contribution in [-0.2, 0) is 20.1 Å². The first kappa shape index (κ1) is 11.3. The minimum Gasteiger partial charge on any atom is -0.487 e. The Morgan fingerprint density at radius 2 is 2.33 bits per heavy atom. The van der Waals surface area contributed by atoms with Crippen LogP contribution in [0.5, 0.6) is 5.75 Å². The third kappa shape index (κ3) is 1.99. The summed E-state index contributed by atoms with van der Waals surface area (Å²) >= 11 is 0. The zero-order valence-electron chi connectivity index (χ0n) is 10.3. The maximum Gasteiger partial charge on any atom is 0.132 e. The van der Waals surface area contributed by atoms with Crippen LogP contribution < -0.4 is 4.74 Å². The van der Waals surface area contributed by atoms with E-state index in [4.69, 9.17) is 4.74 Å². The molecule has 1 aromatic carbocycles. The van der Waals surface area contributed by atoms with Gasteiger partial charge in [-0.15, -0.1) is 0 Å². The second-order valence-electron chi connectivity index (χ2n) is 4.65. The molecule has 0 fully saturated rings. The van der Waals surface area contributed by atoms with Gasteiger partial charge in [-0.05, 0) is 30.5 Å². The third-order valence-electron chi connectivity index (χ3n) is 3.34. The number of rotatable bonds is 3. The van der Waals surface area contributed by atoms with E-state index in [1.54, 1.807) is 4.68 Å². The van der Waals surface area contributed by atoms with E-state index in [-0.39, 0.29) is 6.10 Å². The molecule has 0 saturated carbocycles. The highest BCUT2D eigenvalue weighted by atomic mass is 16.5. The maximum absolute atomic E-state index is 9.82. The standard InChI is InChI=1S/C14H16N2O2/c1-16-8-7-10(15-16)9-18-14-4-2-3-11-12(14)5-6-13(11)17/h2-4,7-8,13,17H,5-6,9H2,1H3. The Bertz CT molecular complexity index is 563. The molecule has 0 bridgehead atoms. The first-order valence-corrected chi connectivity index (χ1v) is 6.15. The molecule has 1 aliphatic carbocycles. The van der Waals surface area contributed by atoms with E-state index in [9.17, 15) is 5.11 Å². The number of nitrogens with zero attached hydrogens (tertiary/aromatic N) is 2. The lowest BCUT2D eigenvalue weighted by Gasteiger charge is -2.10. The van der Waals surface area contributed by atoms with Crippen LogP contribution in [0.15, 0.2) is 30.5 Å². The van der Waals surface area contributed by atoms with Gasteiger partial charge < -0.3 is 9.84 Å². The molecule has 3 rings (SSSR count). The van der Waals surface area contributed by atoms with E-state index in [0.29, 0.717) is 6.61 Å². The molecule has 0 saturated heterocycles. The van der Waals surface area contributed by atoms with Crippen LogP contribution in [0.1, 0.15) is 29.3 Å². The van der Waals surface area contributed by atoms with Gasteiger partial charge in [0.25, 0.3) is 0 Å². The summed E-state index contributed by atoms with van der Waals surface area (Å²) in [6, 6.07) is 7.81. The molecule has 4 heteroatoms. The normalized spacial score (nSPS) is 17.8. The Hall–Kier alpha value is -1.81. The number of hydrogen-bond donors (Lipinski definition) is 1. The van der Waals surface area contributed by atoms with E-state index in [1.807, 2.05) is 37.5 Å². The number of fused-ring (bicyclic) bond motifs is 1. The average Bonchev–Trinajstić information content (AvgIpc) is 2.94. The van der Waals surface area contributed by atoms with Crippen LogP contribution in [0, 0.1) is 0 Å². The van der Waals surface area contributed by atoms with Crippen molar-refractivity contribution in [2.24, 2.45) is 7.05 Å². The van der Waals surface area contributed by atoms with Gasteiger partial charge >= 0.3 is 0 Å². The largest absolute Gasteiger partial charge is 0.487 e. The number of aromatic nitrogens is 2. The van der Waals surface area contributed by atoms with E-state index < -0.39 is 0 Å². The van der Waals surface area contributed by atoms with Crippen molar-refractivity contribution in [3.05, 3.63) is 47.3 Å². The van der Waals surface area contributed by atoms with Gasteiger partial charge in [0.15, 0.2) is 0 Å². The molecule has 1 unspecified atom stereocenters. The first-order chi connectivity index (χ1) is 8.74. The summed E-state index contributed by atoms with van der Waals surface area (Å²) in [6.07, 6.45) is 3.24. The highest BCUT2D eigenvalue weighted by Gasteiger charge is 2.23. The van der Waals surface area contributed by atoms with Crippen LogP contribution in [0.4, 0.5) is 0 Å². The zero-order valence-corrected chi connectivity index (χ0v) is 10.3. The van der Waals surface area contributed by atoms with E-state index in [0.717, 1.165) is 35.4 Å². The fourth-order valence-electron chi connectivity index (χ4n) is 2.43. The van der Waals surface area contributed by atoms with Crippen molar-refractivity contribution in [3.63, 3.8) is 0 Å². The molecular formula is C14H16N2O2. The molecule has 1 N–H and O–H groups in total. The smallest absolute Gasteiger partial charge is 0.132 e. The van der Waals surface area contributed by atoms with Gasteiger partial charge in [0.2, 0.25) is 0 Å². The van der Waals surface area contributed by atoms with Gasteiger partial charge in [0.1, 0.15) is 12.4 Å². The summed E-state index contributed by atoms with van der Waals surface area (Å²) in [5.41, 5.74) is 3.06. The van der Waals surface area contributed by atoms with Crippen LogP contribution in [0.3, 0.4) is 0 Å². The molecule has 94 valence electrons. The van der Waals surface area contributed by atoms with Gasteiger partial charge in [-0.25, -0.2) is 0 Å². The van der Waals surface area contributed by atoms with Crippen molar-refractivity contribution in [1.82, 2.24) is 9.78 Å².